The predicted octanol–water partition coefficient (Wildman–Crippen LogP) is 4.92. The van der Waals surface area contributed by atoms with Gasteiger partial charge in [0.2, 0.25) is 5.91 Å². The smallest absolute Gasteiger partial charge is 0.417 e. The first-order valence-electron chi connectivity index (χ1n) is 7.78. The van der Waals surface area contributed by atoms with Crippen LogP contribution in [0.4, 0.5) is 18.9 Å². The fourth-order valence-corrected chi connectivity index (χ4v) is 2.42. The Morgan fingerprint density at radius 2 is 2.00 bits per heavy atom. The van der Waals surface area contributed by atoms with Crippen molar-refractivity contribution in [3.8, 4) is 17.6 Å². The van der Waals surface area contributed by atoms with Gasteiger partial charge in [-0.15, -0.1) is 0 Å². The average Bonchev–Trinajstić information content (AvgIpc) is 2.65. The molecule has 0 saturated carbocycles. The summed E-state index contributed by atoms with van der Waals surface area (Å²) in [4.78, 5) is 12.0. The van der Waals surface area contributed by atoms with Crippen LogP contribution in [0.3, 0.4) is 0 Å². The minimum absolute atomic E-state index is 0.0378. The van der Waals surface area contributed by atoms with Gasteiger partial charge in [-0.2, -0.15) is 18.4 Å². The molecule has 2 aromatic carbocycles. The topological polar surface area (TPSA) is 71.3 Å². The first-order chi connectivity index (χ1) is 13.2. The number of benzene rings is 2. The number of anilines is 1. The van der Waals surface area contributed by atoms with Gasteiger partial charge in [-0.05, 0) is 42.0 Å². The van der Waals surface area contributed by atoms with Gasteiger partial charge in [0, 0.05) is 11.8 Å². The van der Waals surface area contributed by atoms with Gasteiger partial charge in [0.15, 0.2) is 18.1 Å². The van der Waals surface area contributed by atoms with Gasteiger partial charge < -0.3 is 14.8 Å². The molecule has 0 heterocycles. The van der Waals surface area contributed by atoms with Crippen molar-refractivity contribution in [2.75, 3.05) is 19.0 Å². The third-order valence-electron chi connectivity index (χ3n) is 3.45. The number of ether oxygens (including phenoxy) is 2. The van der Waals surface area contributed by atoms with Crippen LogP contribution in [0.25, 0.3) is 6.08 Å². The second-order valence-electron chi connectivity index (χ2n) is 5.37. The van der Waals surface area contributed by atoms with E-state index in [0.29, 0.717) is 17.1 Å². The van der Waals surface area contributed by atoms with E-state index < -0.39 is 22.7 Å². The third-order valence-corrected chi connectivity index (χ3v) is 3.78. The largest absolute Gasteiger partial charge is 0.493 e. The summed E-state index contributed by atoms with van der Waals surface area (Å²) >= 11 is 5.55. The molecule has 5 nitrogen and oxygen atoms in total. The monoisotopic (exact) mass is 410 g/mol. The molecule has 28 heavy (non-hydrogen) atoms. The van der Waals surface area contributed by atoms with Crippen LogP contribution in [0.15, 0.2) is 42.5 Å². The number of nitriles is 1. The van der Waals surface area contributed by atoms with E-state index in [-0.39, 0.29) is 12.3 Å². The summed E-state index contributed by atoms with van der Waals surface area (Å²) in [5.74, 6) is 0.107. The van der Waals surface area contributed by atoms with Gasteiger partial charge in [-0.3, -0.25) is 4.79 Å². The number of rotatable bonds is 6. The summed E-state index contributed by atoms with van der Waals surface area (Å²) in [6.45, 7) is -0.144. The molecule has 0 atom stereocenters. The van der Waals surface area contributed by atoms with Crippen LogP contribution in [0, 0.1) is 11.3 Å². The van der Waals surface area contributed by atoms with E-state index >= 15 is 0 Å². The average molecular weight is 411 g/mol. The Balaban J connectivity index is 2.11. The molecular weight excluding hydrogens is 397 g/mol. The third kappa shape index (κ3) is 5.66. The van der Waals surface area contributed by atoms with Crippen LogP contribution in [0.2, 0.25) is 5.02 Å². The van der Waals surface area contributed by atoms with Crippen LogP contribution in [-0.2, 0) is 11.0 Å². The van der Waals surface area contributed by atoms with Crippen molar-refractivity contribution in [1.82, 2.24) is 0 Å². The minimum atomic E-state index is -4.63. The molecule has 1 amide bonds. The highest BCUT2D eigenvalue weighted by molar-refractivity contribution is 6.31. The molecule has 146 valence electrons. The molecule has 0 unspecified atom stereocenters. The number of nitrogens with one attached hydrogen (secondary N) is 1. The van der Waals surface area contributed by atoms with Crippen LogP contribution < -0.4 is 14.8 Å². The van der Waals surface area contributed by atoms with Crippen molar-refractivity contribution >= 4 is 29.3 Å². The molecule has 0 spiro atoms. The van der Waals surface area contributed by atoms with E-state index in [1.807, 2.05) is 6.07 Å². The number of hydrogen-bond acceptors (Lipinski definition) is 4. The van der Waals surface area contributed by atoms with E-state index in [1.165, 1.54) is 19.3 Å². The van der Waals surface area contributed by atoms with Gasteiger partial charge in [0.1, 0.15) is 6.07 Å². The maximum atomic E-state index is 12.9. The van der Waals surface area contributed by atoms with Crippen molar-refractivity contribution in [1.29, 1.82) is 5.26 Å². The maximum absolute atomic E-state index is 12.9. The SMILES string of the molecule is COc1cc(/C=C\C(=O)Nc2ccc(Cl)c(C(F)(F)F)c2)ccc1OCC#N. The van der Waals surface area contributed by atoms with Gasteiger partial charge >= 0.3 is 6.18 Å². The number of carbonyl (C=O) groups is 1. The number of alkyl halides is 3. The van der Waals surface area contributed by atoms with E-state index in [2.05, 4.69) is 5.32 Å². The summed E-state index contributed by atoms with van der Waals surface area (Å²) in [7, 11) is 1.42. The molecule has 1 N–H and O–H groups in total. The quantitative estimate of drug-likeness (QED) is 0.686. The minimum Gasteiger partial charge on any atom is -0.493 e. The van der Waals surface area contributed by atoms with Crippen molar-refractivity contribution in [3.05, 3.63) is 58.6 Å². The Morgan fingerprint density at radius 3 is 2.64 bits per heavy atom. The highest BCUT2D eigenvalue weighted by Gasteiger charge is 2.33. The molecule has 0 aliphatic rings. The Hall–Kier alpha value is -3.18. The zero-order chi connectivity index (χ0) is 20.7. The Kier molecular flexibility index (Phi) is 6.90. The molecule has 0 bridgehead atoms. The molecule has 0 aliphatic heterocycles. The first kappa shape index (κ1) is 21.1. The number of halogens is 4. The Morgan fingerprint density at radius 1 is 1.25 bits per heavy atom. The summed E-state index contributed by atoms with van der Waals surface area (Å²) in [5, 5.41) is 10.4. The molecule has 2 aromatic rings. The summed E-state index contributed by atoms with van der Waals surface area (Å²) in [5.41, 5.74) is -0.485. The number of nitrogens with zero attached hydrogens (tertiary/aromatic N) is 1. The van der Waals surface area contributed by atoms with Crippen molar-refractivity contribution in [2.45, 2.75) is 6.18 Å². The lowest BCUT2D eigenvalue weighted by Gasteiger charge is -2.11. The molecule has 0 radical (unpaired) electrons. The summed E-state index contributed by atoms with van der Waals surface area (Å²) in [6, 6.07) is 9.72. The number of carbonyl (C=O) groups excluding carboxylic acids is 1. The van der Waals surface area contributed by atoms with Crippen molar-refractivity contribution in [2.24, 2.45) is 0 Å². The molecule has 2 rings (SSSR count). The molecular formula is C19H14ClF3N2O3. The normalized spacial score (nSPS) is 11.1. The van der Waals surface area contributed by atoms with Crippen LogP contribution >= 0.6 is 11.6 Å². The Bertz CT molecular complexity index is 937. The molecule has 9 heteroatoms. The molecule has 0 fully saturated rings. The van der Waals surface area contributed by atoms with E-state index in [4.69, 9.17) is 26.3 Å². The van der Waals surface area contributed by atoms with Gasteiger partial charge in [0.05, 0.1) is 17.7 Å². The number of amides is 1. The molecule has 0 aliphatic carbocycles. The Labute approximate surface area is 163 Å². The van der Waals surface area contributed by atoms with Gasteiger partial charge in [-0.25, -0.2) is 0 Å². The second kappa shape index (κ2) is 9.15. The van der Waals surface area contributed by atoms with Crippen LogP contribution in [-0.4, -0.2) is 19.6 Å². The lowest BCUT2D eigenvalue weighted by molar-refractivity contribution is -0.137. The zero-order valence-electron chi connectivity index (χ0n) is 14.5. The zero-order valence-corrected chi connectivity index (χ0v) is 15.3. The van der Waals surface area contributed by atoms with E-state index in [1.54, 1.807) is 18.2 Å². The first-order valence-corrected chi connectivity index (χ1v) is 8.16. The standard InChI is InChI=1S/C19H14ClF3N2O3/c1-27-17-10-12(2-6-16(17)28-9-8-24)3-7-18(26)25-13-4-5-15(20)14(11-13)19(21,22)23/h2-7,10-11H,9H2,1H3,(H,25,26)/b7-3-. The number of methoxy groups -OCH3 is 1. The maximum Gasteiger partial charge on any atom is 0.417 e. The van der Waals surface area contributed by atoms with E-state index in [0.717, 1.165) is 18.2 Å². The fraction of sp³-hybridized carbons (Fsp3) is 0.158. The van der Waals surface area contributed by atoms with Gasteiger partial charge in [0.25, 0.3) is 0 Å². The number of hydrogen-bond donors (Lipinski definition) is 1. The highest BCUT2D eigenvalue weighted by atomic mass is 35.5. The van der Waals surface area contributed by atoms with Crippen molar-refractivity contribution in [3.63, 3.8) is 0 Å². The fourth-order valence-electron chi connectivity index (χ4n) is 2.19. The molecule has 0 saturated heterocycles. The highest BCUT2D eigenvalue weighted by Crippen LogP contribution is 2.36. The predicted molar refractivity (Wildman–Crippen MR) is 98.2 cm³/mol. The summed E-state index contributed by atoms with van der Waals surface area (Å²) < 4.78 is 48.9. The van der Waals surface area contributed by atoms with Crippen LogP contribution in [0.1, 0.15) is 11.1 Å². The van der Waals surface area contributed by atoms with E-state index in [9.17, 15) is 18.0 Å². The lowest BCUT2D eigenvalue weighted by atomic mass is 10.1. The van der Waals surface area contributed by atoms with Crippen molar-refractivity contribution < 1.29 is 27.4 Å². The lowest BCUT2D eigenvalue weighted by Crippen LogP contribution is -2.11. The molecule has 0 aromatic heterocycles. The van der Waals surface area contributed by atoms with Crippen LogP contribution in [0.5, 0.6) is 11.5 Å². The summed E-state index contributed by atoms with van der Waals surface area (Å²) in [6.07, 6.45) is -2.02. The second-order valence-corrected chi connectivity index (χ2v) is 5.78. The van der Waals surface area contributed by atoms with Gasteiger partial charge in [-0.1, -0.05) is 17.7 Å².